The second-order valence-corrected chi connectivity index (χ2v) is 11.5. The molecule has 0 radical (unpaired) electrons. The monoisotopic (exact) mass is 525 g/mol. The van der Waals surface area contributed by atoms with Crippen LogP contribution in [-0.4, -0.2) is 47.8 Å². The van der Waals surface area contributed by atoms with Crippen molar-refractivity contribution in [2.75, 3.05) is 19.6 Å². The first-order valence-electron chi connectivity index (χ1n) is 14.7. The number of likely N-dealkylation sites (tertiary alicyclic amines) is 1. The van der Waals surface area contributed by atoms with E-state index < -0.39 is 11.6 Å². The van der Waals surface area contributed by atoms with Gasteiger partial charge in [-0.3, -0.25) is 0 Å². The summed E-state index contributed by atoms with van der Waals surface area (Å²) in [4.78, 5) is 15.7. The lowest BCUT2D eigenvalue weighted by Gasteiger charge is -2.36. The molecule has 206 valence electrons. The third kappa shape index (κ3) is 6.71. The number of aliphatic hydroxyl groups is 1. The first-order valence-corrected chi connectivity index (χ1v) is 14.7. The van der Waals surface area contributed by atoms with Gasteiger partial charge in [0.2, 0.25) is 0 Å². The highest BCUT2D eigenvalue weighted by Crippen LogP contribution is 2.33. The van der Waals surface area contributed by atoms with Gasteiger partial charge in [0.1, 0.15) is 5.60 Å². The molecule has 1 aliphatic heterocycles. The molecule has 1 heterocycles. The van der Waals surface area contributed by atoms with Gasteiger partial charge in [-0.25, -0.2) is 4.79 Å². The van der Waals surface area contributed by atoms with Crippen LogP contribution in [0, 0.1) is 5.92 Å². The van der Waals surface area contributed by atoms with E-state index in [1.165, 1.54) is 38.0 Å². The molecule has 0 bridgehead atoms. The zero-order valence-corrected chi connectivity index (χ0v) is 23.1. The number of hydrogen-bond donors (Lipinski definition) is 3. The fraction of sp³-hybridized carbons (Fsp3) is 0.441. The van der Waals surface area contributed by atoms with E-state index >= 15 is 0 Å². The van der Waals surface area contributed by atoms with Gasteiger partial charge in [0, 0.05) is 12.6 Å². The fourth-order valence-corrected chi connectivity index (χ4v) is 6.57. The van der Waals surface area contributed by atoms with E-state index in [0.29, 0.717) is 5.92 Å². The van der Waals surface area contributed by atoms with Gasteiger partial charge in [0.05, 0.1) is 6.04 Å². The Labute approximate surface area is 233 Å². The molecule has 2 unspecified atom stereocenters. The molecule has 2 aliphatic rings. The maximum atomic E-state index is 13.0. The molecule has 3 aromatic rings. The van der Waals surface area contributed by atoms with Gasteiger partial charge in [0.15, 0.2) is 0 Å². The summed E-state index contributed by atoms with van der Waals surface area (Å²) in [5, 5.41) is 18.1. The van der Waals surface area contributed by atoms with Crippen LogP contribution >= 0.6 is 0 Å². The van der Waals surface area contributed by atoms with Crippen molar-refractivity contribution in [1.29, 1.82) is 0 Å². The molecule has 2 fully saturated rings. The first-order chi connectivity index (χ1) is 19.0. The van der Waals surface area contributed by atoms with E-state index in [2.05, 4.69) is 45.9 Å². The van der Waals surface area contributed by atoms with E-state index in [0.717, 1.165) is 42.7 Å². The molecule has 5 nitrogen and oxygen atoms in total. The van der Waals surface area contributed by atoms with Crippen LogP contribution in [0.2, 0.25) is 0 Å². The Morgan fingerprint density at radius 2 is 1.44 bits per heavy atom. The summed E-state index contributed by atoms with van der Waals surface area (Å²) in [7, 11) is 0. The Morgan fingerprint density at radius 1 is 0.872 bits per heavy atom. The minimum absolute atomic E-state index is 0.184. The number of carbonyl (C=O) groups is 1. The summed E-state index contributed by atoms with van der Waals surface area (Å²) in [6, 6.07) is 29.6. The van der Waals surface area contributed by atoms with Crippen LogP contribution < -0.4 is 10.6 Å². The Morgan fingerprint density at radius 3 is 2.03 bits per heavy atom. The lowest BCUT2D eigenvalue weighted by molar-refractivity contribution is 0.0470. The van der Waals surface area contributed by atoms with Gasteiger partial charge >= 0.3 is 6.03 Å². The fourth-order valence-electron chi connectivity index (χ4n) is 6.57. The van der Waals surface area contributed by atoms with Crippen LogP contribution in [0.15, 0.2) is 91.0 Å². The number of benzene rings is 3. The molecule has 1 aliphatic carbocycles. The molecule has 1 saturated carbocycles. The Kier molecular flexibility index (Phi) is 9.00. The van der Waals surface area contributed by atoms with E-state index in [1.807, 2.05) is 67.6 Å². The van der Waals surface area contributed by atoms with Crippen LogP contribution in [-0.2, 0) is 5.60 Å². The molecule has 5 rings (SSSR count). The summed E-state index contributed by atoms with van der Waals surface area (Å²) < 4.78 is 0. The second-order valence-electron chi connectivity index (χ2n) is 11.5. The Bertz CT molecular complexity index is 1120. The quantitative estimate of drug-likeness (QED) is 0.319. The lowest BCUT2D eigenvalue weighted by atomic mass is 9.81. The third-order valence-corrected chi connectivity index (χ3v) is 8.98. The predicted molar refractivity (Wildman–Crippen MR) is 158 cm³/mol. The predicted octanol–water partition coefficient (Wildman–Crippen LogP) is 6.05. The molecule has 0 spiro atoms. The highest BCUT2D eigenvalue weighted by Gasteiger charge is 2.38. The van der Waals surface area contributed by atoms with Gasteiger partial charge in [-0.2, -0.15) is 0 Å². The average Bonchev–Trinajstić information content (AvgIpc) is 3.47. The number of urea groups is 1. The smallest absolute Gasteiger partial charge is 0.315 e. The summed E-state index contributed by atoms with van der Waals surface area (Å²) in [5.41, 5.74) is 1.67. The van der Waals surface area contributed by atoms with Crippen molar-refractivity contribution in [1.82, 2.24) is 15.5 Å². The molecule has 3 aromatic carbocycles. The minimum atomic E-state index is -1.33. The highest BCUT2D eigenvalue weighted by molar-refractivity contribution is 5.75. The molecule has 2 atom stereocenters. The van der Waals surface area contributed by atoms with Gasteiger partial charge in [0.25, 0.3) is 0 Å². The molecule has 1 saturated heterocycles. The van der Waals surface area contributed by atoms with Crippen LogP contribution in [0.5, 0.6) is 0 Å². The number of amides is 2. The SMILES string of the molecule is CC(NC(=O)NC1CCC(CCN2CCC(c3ccccc3)C2)CC1)C(O)(c1ccccc1)c1ccccc1. The van der Waals surface area contributed by atoms with Crippen LogP contribution in [0.3, 0.4) is 0 Å². The van der Waals surface area contributed by atoms with Gasteiger partial charge in [-0.15, -0.1) is 0 Å². The van der Waals surface area contributed by atoms with Crippen molar-refractivity contribution in [2.24, 2.45) is 5.92 Å². The number of nitrogens with zero attached hydrogens (tertiary/aromatic N) is 1. The molecule has 5 heteroatoms. The Hall–Kier alpha value is -3.15. The van der Waals surface area contributed by atoms with Gasteiger partial charge in [-0.05, 0) is 87.1 Å². The van der Waals surface area contributed by atoms with Gasteiger partial charge < -0.3 is 20.6 Å². The zero-order chi connectivity index (χ0) is 27.1. The van der Waals surface area contributed by atoms with Crippen molar-refractivity contribution >= 4 is 6.03 Å². The van der Waals surface area contributed by atoms with Crippen LogP contribution in [0.1, 0.15) is 68.1 Å². The van der Waals surface area contributed by atoms with Crippen molar-refractivity contribution in [3.05, 3.63) is 108 Å². The van der Waals surface area contributed by atoms with Crippen molar-refractivity contribution in [3.8, 4) is 0 Å². The second kappa shape index (κ2) is 12.8. The largest absolute Gasteiger partial charge is 0.378 e. The topological polar surface area (TPSA) is 64.6 Å². The van der Waals surface area contributed by atoms with E-state index in [1.54, 1.807) is 0 Å². The van der Waals surface area contributed by atoms with Crippen molar-refractivity contribution < 1.29 is 9.90 Å². The molecular formula is C34H43N3O2. The molecule has 39 heavy (non-hydrogen) atoms. The summed E-state index contributed by atoms with van der Waals surface area (Å²) in [6.07, 6.45) is 6.86. The average molecular weight is 526 g/mol. The lowest BCUT2D eigenvalue weighted by Crippen LogP contribution is -2.54. The van der Waals surface area contributed by atoms with E-state index in [-0.39, 0.29) is 12.1 Å². The van der Waals surface area contributed by atoms with Gasteiger partial charge in [-0.1, -0.05) is 91.0 Å². The van der Waals surface area contributed by atoms with Crippen LogP contribution in [0.4, 0.5) is 4.79 Å². The van der Waals surface area contributed by atoms with E-state index in [9.17, 15) is 9.90 Å². The summed E-state index contributed by atoms with van der Waals surface area (Å²) in [6.45, 7) is 5.43. The number of carbonyl (C=O) groups excluding carboxylic acids is 1. The zero-order valence-electron chi connectivity index (χ0n) is 23.1. The normalized spacial score (nSPS) is 22.8. The highest BCUT2D eigenvalue weighted by atomic mass is 16.3. The summed E-state index contributed by atoms with van der Waals surface area (Å²) in [5.74, 6) is 1.41. The molecule has 2 amide bonds. The molecule has 0 aromatic heterocycles. The van der Waals surface area contributed by atoms with E-state index in [4.69, 9.17) is 0 Å². The van der Waals surface area contributed by atoms with Crippen LogP contribution in [0.25, 0.3) is 0 Å². The standard InChI is InChI=1S/C34H43N3O2/c1-26(34(39,30-13-7-3-8-14-30)31-15-9-4-10-16-31)35-33(38)36-32-19-17-27(18-20-32)21-23-37-24-22-29(25-37)28-11-5-2-6-12-28/h2-16,26-27,29,32,39H,17-25H2,1H3,(H2,35,36,38). The number of nitrogens with one attached hydrogen (secondary N) is 2. The third-order valence-electron chi connectivity index (χ3n) is 8.98. The number of hydrogen-bond acceptors (Lipinski definition) is 3. The maximum Gasteiger partial charge on any atom is 0.315 e. The summed E-state index contributed by atoms with van der Waals surface area (Å²) >= 11 is 0. The van der Waals surface area contributed by atoms with Crippen molar-refractivity contribution in [2.45, 2.75) is 69.1 Å². The molecular weight excluding hydrogens is 482 g/mol. The maximum absolute atomic E-state index is 13.0. The minimum Gasteiger partial charge on any atom is -0.378 e. The first kappa shape index (κ1) is 27.4. The van der Waals surface area contributed by atoms with Crippen molar-refractivity contribution in [3.63, 3.8) is 0 Å². The Balaban J connectivity index is 1.08. The molecule has 3 N–H and O–H groups in total. The number of rotatable bonds is 9.